The molecule has 1 heterocycles. The van der Waals surface area contributed by atoms with Crippen molar-refractivity contribution in [3.8, 4) is 0 Å². The van der Waals surface area contributed by atoms with Gasteiger partial charge in [0.25, 0.3) is 0 Å². The van der Waals surface area contributed by atoms with Crippen LogP contribution in [0, 0.1) is 0 Å². The summed E-state index contributed by atoms with van der Waals surface area (Å²) in [4.78, 5) is 5.73. The first-order valence-electron chi connectivity index (χ1n) is 3.41. The minimum absolute atomic E-state index is 0.295. The number of thiophene rings is 1. The third-order valence-corrected chi connectivity index (χ3v) is 4.20. The Kier molecular flexibility index (Phi) is 3.99. The van der Waals surface area contributed by atoms with Crippen molar-refractivity contribution >= 4 is 38.9 Å². The van der Waals surface area contributed by atoms with Crippen molar-refractivity contribution in [2.45, 2.75) is 12.8 Å². The quantitative estimate of drug-likeness (QED) is 0.856. The molecule has 0 aromatic carbocycles. The Bertz CT molecular complexity index is 246. The molecule has 5 heteroatoms. The molecule has 0 fully saturated rings. The summed E-state index contributed by atoms with van der Waals surface area (Å²) < 4.78 is 1.71. The summed E-state index contributed by atoms with van der Waals surface area (Å²) in [7, 11) is 0. The number of rotatable bonds is 3. The molecule has 0 aliphatic rings. The molecule has 0 saturated heterocycles. The largest absolute Gasteiger partial charge is 0.304 e. The fourth-order valence-corrected chi connectivity index (χ4v) is 2.60. The summed E-state index contributed by atoms with van der Waals surface area (Å²) in [5.41, 5.74) is 0. The van der Waals surface area contributed by atoms with Crippen molar-refractivity contribution in [1.29, 1.82) is 0 Å². The highest BCUT2D eigenvalue weighted by Gasteiger charge is 2.11. The van der Waals surface area contributed by atoms with Crippen LogP contribution < -0.4 is 5.90 Å². The molecule has 2 nitrogen and oxygen atoms in total. The van der Waals surface area contributed by atoms with E-state index in [0.29, 0.717) is 12.5 Å². The van der Waals surface area contributed by atoms with E-state index < -0.39 is 0 Å². The zero-order valence-corrected chi connectivity index (χ0v) is 9.67. The normalized spacial score (nSPS) is 13.3. The lowest BCUT2D eigenvalue weighted by Crippen LogP contribution is -2.07. The third-order valence-electron chi connectivity index (χ3n) is 1.50. The number of hydrogen-bond donors (Lipinski definition) is 1. The molecule has 0 aliphatic heterocycles. The molecule has 0 radical (unpaired) electrons. The van der Waals surface area contributed by atoms with Crippen LogP contribution in [-0.4, -0.2) is 6.61 Å². The van der Waals surface area contributed by atoms with E-state index >= 15 is 0 Å². The van der Waals surface area contributed by atoms with Crippen molar-refractivity contribution in [2.75, 3.05) is 6.61 Å². The lowest BCUT2D eigenvalue weighted by atomic mass is 10.1. The minimum Gasteiger partial charge on any atom is -0.304 e. The maximum Gasteiger partial charge on any atom is 0.107 e. The lowest BCUT2D eigenvalue weighted by molar-refractivity contribution is 0.127. The second kappa shape index (κ2) is 4.58. The number of nitrogens with two attached hydrogens (primary N) is 1. The highest BCUT2D eigenvalue weighted by Crippen LogP contribution is 2.35. The molecular weight excluding hydrogens is 262 g/mol. The van der Waals surface area contributed by atoms with Crippen LogP contribution in [-0.2, 0) is 4.84 Å². The van der Waals surface area contributed by atoms with Crippen LogP contribution in [0.3, 0.4) is 0 Å². The molecule has 0 bridgehead atoms. The van der Waals surface area contributed by atoms with Gasteiger partial charge in [0, 0.05) is 15.3 Å². The van der Waals surface area contributed by atoms with Crippen LogP contribution in [0.1, 0.15) is 17.7 Å². The fourth-order valence-electron chi connectivity index (χ4n) is 0.833. The molecule has 0 aliphatic carbocycles. The summed E-state index contributed by atoms with van der Waals surface area (Å²) in [5.74, 6) is 5.27. The van der Waals surface area contributed by atoms with Gasteiger partial charge in [-0.15, -0.1) is 11.3 Å². The summed E-state index contributed by atoms with van der Waals surface area (Å²) in [6.07, 6.45) is 0. The van der Waals surface area contributed by atoms with Gasteiger partial charge in [0.2, 0.25) is 0 Å². The molecule has 1 unspecified atom stereocenters. The van der Waals surface area contributed by atoms with Gasteiger partial charge in [-0.25, -0.2) is 5.90 Å². The maximum atomic E-state index is 5.87. The Hall–Kier alpha value is 0.390. The van der Waals surface area contributed by atoms with Crippen molar-refractivity contribution in [2.24, 2.45) is 5.90 Å². The van der Waals surface area contributed by atoms with Crippen molar-refractivity contribution in [3.63, 3.8) is 0 Å². The van der Waals surface area contributed by atoms with Crippen molar-refractivity contribution in [3.05, 3.63) is 19.8 Å². The first kappa shape index (κ1) is 10.5. The molecule has 1 atom stereocenters. The highest BCUT2D eigenvalue weighted by molar-refractivity contribution is 9.10. The monoisotopic (exact) mass is 269 g/mol. The van der Waals surface area contributed by atoms with E-state index in [1.807, 2.05) is 13.0 Å². The van der Waals surface area contributed by atoms with Gasteiger partial charge >= 0.3 is 0 Å². The van der Waals surface area contributed by atoms with Gasteiger partial charge in [0.05, 0.1) is 6.61 Å². The second-order valence-corrected chi connectivity index (χ2v) is 5.04. The Morgan fingerprint density at radius 1 is 1.83 bits per heavy atom. The zero-order valence-electron chi connectivity index (χ0n) is 6.51. The number of hydrogen-bond acceptors (Lipinski definition) is 3. The topological polar surface area (TPSA) is 35.2 Å². The van der Waals surface area contributed by atoms with Crippen LogP contribution in [0.5, 0.6) is 0 Å². The van der Waals surface area contributed by atoms with E-state index in [1.54, 1.807) is 11.3 Å². The standard InChI is InChI=1S/C7H9BrClNOS/c1-4(3-11-10)6-2-5(8)7(9)12-6/h2,4H,3,10H2,1H3. The summed E-state index contributed by atoms with van der Waals surface area (Å²) in [5, 5.41) is 0. The van der Waals surface area contributed by atoms with Gasteiger partial charge in [-0.1, -0.05) is 18.5 Å². The molecule has 68 valence electrons. The molecule has 1 aromatic rings. The molecule has 0 spiro atoms. The Morgan fingerprint density at radius 2 is 2.50 bits per heavy atom. The summed E-state index contributed by atoms with van der Waals surface area (Å²) >= 11 is 10.8. The summed E-state index contributed by atoms with van der Waals surface area (Å²) in [6.45, 7) is 2.56. The van der Waals surface area contributed by atoms with Crippen LogP contribution in [0.15, 0.2) is 10.5 Å². The van der Waals surface area contributed by atoms with E-state index in [0.717, 1.165) is 8.81 Å². The summed E-state index contributed by atoms with van der Waals surface area (Å²) in [6, 6.07) is 2.00. The first-order valence-corrected chi connectivity index (χ1v) is 5.40. The van der Waals surface area contributed by atoms with E-state index in [-0.39, 0.29) is 0 Å². The molecule has 1 aromatic heterocycles. The van der Waals surface area contributed by atoms with E-state index in [4.69, 9.17) is 17.5 Å². The second-order valence-electron chi connectivity index (χ2n) is 2.50. The Labute approximate surface area is 88.7 Å². The van der Waals surface area contributed by atoms with Gasteiger partial charge in [0.1, 0.15) is 4.34 Å². The van der Waals surface area contributed by atoms with Crippen LogP contribution in [0.25, 0.3) is 0 Å². The average Bonchev–Trinajstić information content (AvgIpc) is 2.33. The van der Waals surface area contributed by atoms with Gasteiger partial charge in [-0.05, 0) is 22.0 Å². The Balaban J connectivity index is 2.74. The van der Waals surface area contributed by atoms with Crippen LogP contribution in [0.4, 0.5) is 0 Å². The van der Waals surface area contributed by atoms with Gasteiger partial charge in [-0.2, -0.15) is 0 Å². The molecule has 0 saturated carbocycles. The number of halogens is 2. The predicted octanol–water partition coefficient (Wildman–Crippen LogP) is 3.16. The van der Waals surface area contributed by atoms with Gasteiger partial charge < -0.3 is 4.84 Å². The van der Waals surface area contributed by atoms with Gasteiger partial charge in [-0.3, -0.25) is 0 Å². The van der Waals surface area contributed by atoms with E-state index in [2.05, 4.69) is 20.8 Å². The minimum atomic E-state index is 0.295. The van der Waals surface area contributed by atoms with Crippen LogP contribution >= 0.6 is 38.9 Å². The lowest BCUT2D eigenvalue weighted by Gasteiger charge is -2.05. The van der Waals surface area contributed by atoms with Crippen molar-refractivity contribution in [1.82, 2.24) is 0 Å². The molecule has 1 rings (SSSR count). The third kappa shape index (κ3) is 2.44. The molecular formula is C7H9BrClNOS. The molecule has 2 N–H and O–H groups in total. The maximum absolute atomic E-state index is 5.87. The van der Waals surface area contributed by atoms with E-state index in [9.17, 15) is 0 Å². The highest BCUT2D eigenvalue weighted by atomic mass is 79.9. The molecule has 0 amide bonds. The van der Waals surface area contributed by atoms with E-state index in [1.165, 1.54) is 4.88 Å². The fraction of sp³-hybridized carbons (Fsp3) is 0.429. The zero-order chi connectivity index (χ0) is 9.14. The molecule has 12 heavy (non-hydrogen) atoms. The average molecular weight is 271 g/mol. The SMILES string of the molecule is CC(CON)c1cc(Br)c(Cl)s1. The smallest absolute Gasteiger partial charge is 0.107 e. The van der Waals surface area contributed by atoms with Crippen LogP contribution in [0.2, 0.25) is 4.34 Å². The van der Waals surface area contributed by atoms with Gasteiger partial charge in [0.15, 0.2) is 0 Å². The predicted molar refractivity (Wildman–Crippen MR) is 55.6 cm³/mol. The van der Waals surface area contributed by atoms with Crippen molar-refractivity contribution < 1.29 is 4.84 Å². The Morgan fingerprint density at radius 3 is 2.92 bits per heavy atom. The first-order chi connectivity index (χ1) is 5.65.